The third-order valence-corrected chi connectivity index (χ3v) is 1.97. The molecule has 0 spiro atoms. The predicted molar refractivity (Wildman–Crippen MR) is 50.6 cm³/mol. The van der Waals surface area contributed by atoms with Crippen molar-refractivity contribution in [3.8, 4) is 5.75 Å². The highest BCUT2D eigenvalue weighted by Gasteiger charge is 2.29. The topological polar surface area (TPSA) is 9.23 Å². The van der Waals surface area contributed by atoms with Crippen molar-refractivity contribution in [3.63, 3.8) is 0 Å². The molecule has 0 fully saturated rings. The standard InChI is InChI=1S/C8H4F5IO/c9-5-1-4(14)2-6(10)7(5)15-3-8(11,12)13/h1-2H,3H2. The van der Waals surface area contributed by atoms with Gasteiger partial charge in [0.25, 0.3) is 0 Å². The van der Waals surface area contributed by atoms with Crippen LogP contribution in [0, 0.1) is 15.2 Å². The summed E-state index contributed by atoms with van der Waals surface area (Å²) in [5, 5.41) is 0. The van der Waals surface area contributed by atoms with E-state index in [1.54, 1.807) is 22.6 Å². The SMILES string of the molecule is Fc1cc(I)cc(F)c1OCC(F)(F)F. The van der Waals surface area contributed by atoms with Gasteiger partial charge in [-0.2, -0.15) is 13.2 Å². The van der Waals surface area contributed by atoms with Crippen LogP contribution in [0.2, 0.25) is 0 Å². The third kappa shape index (κ3) is 3.80. The molecule has 1 rings (SSSR count). The van der Waals surface area contributed by atoms with Crippen molar-refractivity contribution in [3.05, 3.63) is 27.3 Å². The molecule has 0 aromatic heterocycles. The summed E-state index contributed by atoms with van der Waals surface area (Å²) in [6.07, 6.45) is -4.62. The first-order chi connectivity index (χ1) is 6.79. The Morgan fingerprint density at radius 3 is 2.00 bits per heavy atom. The summed E-state index contributed by atoms with van der Waals surface area (Å²) in [6, 6.07) is 1.77. The molecule has 7 heteroatoms. The van der Waals surface area contributed by atoms with Crippen LogP contribution in [0.25, 0.3) is 0 Å². The van der Waals surface area contributed by atoms with E-state index in [4.69, 9.17) is 0 Å². The molecule has 0 aliphatic carbocycles. The molecule has 0 N–H and O–H groups in total. The summed E-state index contributed by atoms with van der Waals surface area (Å²) < 4.78 is 65.3. The average Bonchev–Trinajstić information content (AvgIpc) is 1.99. The van der Waals surface area contributed by atoms with E-state index in [9.17, 15) is 22.0 Å². The van der Waals surface area contributed by atoms with Crippen LogP contribution < -0.4 is 4.74 Å². The smallest absolute Gasteiger partial charge is 0.422 e. The molecule has 15 heavy (non-hydrogen) atoms. The van der Waals surface area contributed by atoms with Gasteiger partial charge in [-0.1, -0.05) is 0 Å². The summed E-state index contributed by atoms with van der Waals surface area (Å²) in [5.74, 6) is -3.31. The van der Waals surface area contributed by atoms with Crippen LogP contribution in [-0.2, 0) is 0 Å². The molecule has 0 amide bonds. The maximum absolute atomic E-state index is 12.9. The Hall–Kier alpha value is -0.600. The molecule has 0 atom stereocenters. The lowest BCUT2D eigenvalue weighted by Crippen LogP contribution is -2.20. The van der Waals surface area contributed by atoms with Crippen molar-refractivity contribution in [1.29, 1.82) is 0 Å². The zero-order chi connectivity index (χ0) is 11.6. The number of halogens is 6. The van der Waals surface area contributed by atoms with E-state index in [1.807, 2.05) is 0 Å². The lowest BCUT2D eigenvalue weighted by molar-refractivity contribution is -0.154. The van der Waals surface area contributed by atoms with Crippen molar-refractivity contribution < 1.29 is 26.7 Å². The van der Waals surface area contributed by atoms with Gasteiger partial charge in [0.1, 0.15) is 0 Å². The number of hydrogen-bond donors (Lipinski definition) is 0. The van der Waals surface area contributed by atoms with Crippen LogP contribution in [0.5, 0.6) is 5.75 Å². The molecule has 0 unspecified atom stereocenters. The first-order valence-corrected chi connectivity index (χ1v) is 4.71. The molecule has 0 saturated carbocycles. The Morgan fingerprint density at radius 2 is 1.60 bits per heavy atom. The van der Waals surface area contributed by atoms with Gasteiger partial charge in [0.05, 0.1) is 0 Å². The van der Waals surface area contributed by atoms with Gasteiger partial charge in [0, 0.05) is 3.57 Å². The largest absolute Gasteiger partial charge is 0.478 e. The minimum Gasteiger partial charge on any atom is -0.478 e. The number of rotatable bonds is 2. The fourth-order valence-electron chi connectivity index (χ4n) is 0.821. The Balaban J connectivity index is 2.86. The Labute approximate surface area is 95.4 Å². The highest BCUT2D eigenvalue weighted by Crippen LogP contribution is 2.26. The fourth-order valence-corrected chi connectivity index (χ4v) is 1.37. The van der Waals surface area contributed by atoms with Crippen LogP contribution in [-0.4, -0.2) is 12.8 Å². The van der Waals surface area contributed by atoms with E-state index < -0.39 is 30.2 Å². The van der Waals surface area contributed by atoms with Crippen molar-refractivity contribution in [2.24, 2.45) is 0 Å². The van der Waals surface area contributed by atoms with E-state index in [1.165, 1.54) is 0 Å². The summed E-state index contributed by atoms with van der Waals surface area (Å²) >= 11 is 1.63. The van der Waals surface area contributed by atoms with E-state index in [0.29, 0.717) is 0 Å². The number of hydrogen-bond acceptors (Lipinski definition) is 1. The molecular formula is C8H4F5IO. The third-order valence-electron chi connectivity index (χ3n) is 1.34. The van der Waals surface area contributed by atoms with Crippen molar-refractivity contribution >= 4 is 22.6 Å². The van der Waals surface area contributed by atoms with Crippen LogP contribution >= 0.6 is 22.6 Å². The zero-order valence-corrected chi connectivity index (χ0v) is 9.20. The van der Waals surface area contributed by atoms with Gasteiger partial charge in [-0.25, -0.2) is 8.78 Å². The Bertz CT molecular complexity index is 340. The molecule has 0 bridgehead atoms. The summed E-state index contributed by atoms with van der Waals surface area (Å²) in [4.78, 5) is 0. The minimum absolute atomic E-state index is 0.238. The summed E-state index contributed by atoms with van der Waals surface area (Å²) in [5.41, 5.74) is 0. The molecule has 84 valence electrons. The van der Waals surface area contributed by atoms with Crippen LogP contribution in [0.4, 0.5) is 22.0 Å². The van der Waals surface area contributed by atoms with Crippen LogP contribution in [0.3, 0.4) is 0 Å². The molecule has 1 aromatic carbocycles. The lowest BCUT2D eigenvalue weighted by Gasteiger charge is -2.10. The maximum Gasteiger partial charge on any atom is 0.422 e. The highest BCUT2D eigenvalue weighted by atomic mass is 127. The van der Waals surface area contributed by atoms with Gasteiger partial charge in [0.15, 0.2) is 24.0 Å². The first-order valence-electron chi connectivity index (χ1n) is 3.63. The van der Waals surface area contributed by atoms with Gasteiger partial charge in [0.2, 0.25) is 0 Å². The molecule has 1 nitrogen and oxygen atoms in total. The molecule has 0 aliphatic rings. The molecule has 0 heterocycles. The minimum atomic E-state index is -4.62. The lowest BCUT2D eigenvalue weighted by atomic mass is 10.3. The van der Waals surface area contributed by atoms with E-state index in [2.05, 4.69) is 4.74 Å². The average molecular weight is 338 g/mol. The van der Waals surface area contributed by atoms with E-state index in [-0.39, 0.29) is 3.57 Å². The molecule has 1 aromatic rings. The fraction of sp³-hybridized carbons (Fsp3) is 0.250. The summed E-state index contributed by atoms with van der Waals surface area (Å²) in [7, 11) is 0. The Morgan fingerprint density at radius 1 is 1.13 bits per heavy atom. The number of ether oxygens (including phenoxy) is 1. The van der Waals surface area contributed by atoms with Gasteiger partial charge in [-0.05, 0) is 34.7 Å². The normalized spacial score (nSPS) is 11.6. The van der Waals surface area contributed by atoms with Crippen LogP contribution in [0.1, 0.15) is 0 Å². The second-order valence-electron chi connectivity index (χ2n) is 2.60. The van der Waals surface area contributed by atoms with Gasteiger partial charge in [-0.3, -0.25) is 0 Å². The number of alkyl halides is 3. The second kappa shape index (κ2) is 4.50. The van der Waals surface area contributed by atoms with Crippen molar-refractivity contribution in [2.75, 3.05) is 6.61 Å². The van der Waals surface area contributed by atoms with E-state index in [0.717, 1.165) is 12.1 Å². The van der Waals surface area contributed by atoms with E-state index >= 15 is 0 Å². The van der Waals surface area contributed by atoms with Crippen molar-refractivity contribution in [1.82, 2.24) is 0 Å². The molecule has 0 saturated heterocycles. The maximum atomic E-state index is 12.9. The molecular weight excluding hydrogens is 334 g/mol. The number of benzene rings is 1. The summed E-state index contributed by atoms with van der Waals surface area (Å²) in [6.45, 7) is -1.72. The monoisotopic (exact) mass is 338 g/mol. The van der Waals surface area contributed by atoms with Crippen LogP contribution in [0.15, 0.2) is 12.1 Å². The second-order valence-corrected chi connectivity index (χ2v) is 3.85. The van der Waals surface area contributed by atoms with Gasteiger partial charge < -0.3 is 4.74 Å². The Kier molecular flexibility index (Phi) is 3.74. The first kappa shape index (κ1) is 12.5. The quantitative estimate of drug-likeness (QED) is 0.592. The molecule has 0 aliphatic heterocycles. The predicted octanol–water partition coefficient (Wildman–Crippen LogP) is 3.51. The highest BCUT2D eigenvalue weighted by molar-refractivity contribution is 14.1. The molecule has 0 radical (unpaired) electrons. The zero-order valence-electron chi connectivity index (χ0n) is 7.04. The van der Waals surface area contributed by atoms with Gasteiger partial charge >= 0.3 is 6.18 Å². The van der Waals surface area contributed by atoms with Gasteiger partial charge in [-0.15, -0.1) is 0 Å². The van der Waals surface area contributed by atoms with Crippen molar-refractivity contribution in [2.45, 2.75) is 6.18 Å².